The molecule has 6 heteroatoms. The van der Waals surface area contributed by atoms with E-state index in [-0.39, 0.29) is 17.9 Å². The van der Waals surface area contributed by atoms with Crippen molar-refractivity contribution in [2.24, 2.45) is 0 Å². The summed E-state index contributed by atoms with van der Waals surface area (Å²) in [5, 5.41) is -3.22. The normalized spacial score (nSPS) is 22.6. The number of thioether (sulfide) groups is 1. The minimum absolute atomic E-state index is 0.248. The molecule has 19 heavy (non-hydrogen) atoms. The summed E-state index contributed by atoms with van der Waals surface area (Å²) in [5.41, 5.74) is -2.22. The molecule has 0 aromatic heterocycles. The van der Waals surface area contributed by atoms with Gasteiger partial charge in [-0.3, -0.25) is 0 Å². The lowest BCUT2D eigenvalue weighted by Gasteiger charge is -2.23. The van der Waals surface area contributed by atoms with Crippen molar-refractivity contribution < 1.29 is 22.3 Å². The summed E-state index contributed by atoms with van der Waals surface area (Å²) in [6.07, 6.45) is 1.46. The molecule has 1 atom stereocenters. The molecule has 1 heterocycles. The van der Waals surface area contributed by atoms with E-state index in [2.05, 4.69) is 0 Å². The number of rotatable bonds is 6. The van der Waals surface area contributed by atoms with E-state index in [0.717, 1.165) is 18.6 Å². The van der Waals surface area contributed by atoms with Crippen LogP contribution in [0.3, 0.4) is 0 Å². The van der Waals surface area contributed by atoms with Gasteiger partial charge in [-0.1, -0.05) is 25.1 Å². The number of hydrogen-bond acceptors (Lipinski definition) is 2. The van der Waals surface area contributed by atoms with E-state index in [9.17, 15) is 17.6 Å². The van der Waals surface area contributed by atoms with E-state index >= 15 is 0 Å². The third kappa shape index (κ3) is 2.74. The molecule has 0 radical (unpaired) electrons. The largest absolute Gasteiger partial charge is 0.357 e. The van der Waals surface area contributed by atoms with Crippen LogP contribution in [0.5, 0.6) is 0 Å². The zero-order chi connectivity index (χ0) is 14.1. The van der Waals surface area contributed by atoms with Gasteiger partial charge >= 0.3 is 5.25 Å². The van der Waals surface area contributed by atoms with Crippen molar-refractivity contribution in [3.63, 3.8) is 0 Å². The van der Waals surface area contributed by atoms with Gasteiger partial charge in [0.25, 0.3) is 0 Å². The standard InChI is InChI=1S/C13H14F4OS/c1-2-3-6-19-13(16,17)12(8-18-12)10-5-4-9(14)7-11(10)15/h4-5,7H,2-3,6,8H2,1H3. The number of unbranched alkanes of at least 4 members (excludes halogenated alkanes) is 1. The lowest BCUT2D eigenvalue weighted by molar-refractivity contribution is 0.00778. The van der Waals surface area contributed by atoms with Crippen LogP contribution in [-0.2, 0) is 10.3 Å². The summed E-state index contributed by atoms with van der Waals surface area (Å²) in [6.45, 7) is 1.66. The Morgan fingerprint density at radius 2 is 2.05 bits per heavy atom. The van der Waals surface area contributed by atoms with Gasteiger partial charge in [-0.2, -0.15) is 8.78 Å². The molecule has 2 rings (SSSR count). The lowest BCUT2D eigenvalue weighted by Crippen LogP contribution is -2.33. The maximum absolute atomic E-state index is 14.1. The predicted octanol–water partition coefficient (Wildman–Crippen LogP) is 4.32. The number of epoxide rings is 1. The van der Waals surface area contributed by atoms with E-state index in [1.807, 2.05) is 6.92 Å². The summed E-state index contributed by atoms with van der Waals surface area (Å²) >= 11 is 0.462. The van der Waals surface area contributed by atoms with Crippen molar-refractivity contribution >= 4 is 11.8 Å². The van der Waals surface area contributed by atoms with Gasteiger partial charge in [0.1, 0.15) is 11.6 Å². The number of hydrogen-bond donors (Lipinski definition) is 0. The Morgan fingerprint density at radius 3 is 2.58 bits per heavy atom. The predicted molar refractivity (Wildman–Crippen MR) is 66.3 cm³/mol. The molecule has 1 nitrogen and oxygen atoms in total. The average Bonchev–Trinajstić information content (AvgIpc) is 3.11. The molecule has 0 aliphatic carbocycles. The topological polar surface area (TPSA) is 12.5 Å². The van der Waals surface area contributed by atoms with Crippen LogP contribution in [0.25, 0.3) is 0 Å². The summed E-state index contributed by atoms with van der Waals surface area (Å²) in [4.78, 5) is 0. The van der Waals surface area contributed by atoms with E-state index in [4.69, 9.17) is 4.74 Å². The Kier molecular flexibility index (Phi) is 4.11. The molecular weight excluding hydrogens is 280 g/mol. The Hall–Kier alpha value is -0.750. The van der Waals surface area contributed by atoms with Crippen molar-refractivity contribution in [3.8, 4) is 0 Å². The Morgan fingerprint density at radius 1 is 1.37 bits per heavy atom. The number of benzene rings is 1. The van der Waals surface area contributed by atoms with Crippen LogP contribution in [0.15, 0.2) is 18.2 Å². The first-order valence-electron chi connectivity index (χ1n) is 6.04. The third-order valence-corrected chi connectivity index (χ3v) is 4.24. The van der Waals surface area contributed by atoms with Crippen LogP contribution in [0, 0.1) is 11.6 Å². The second-order valence-corrected chi connectivity index (χ2v) is 5.67. The molecule has 1 unspecified atom stereocenters. The van der Waals surface area contributed by atoms with Crippen molar-refractivity contribution in [2.45, 2.75) is 30.6 Å². The van der Waals surface area contributed by atoms with E-state index in [0.29, 0.717) is 24.2 Å². The van der Waals surface area contributed by atoms with Gasteiger partial charge in [0.2, 0.25) is 0 Å². The average molecular weight is 294 g/mol. The highest BCUT2D eigenvalue weighted by Gasteiger charge is 2.66. The molecule has 0 spiro atoms. The molecule has 1 aliphatic rings. The summed E-state index contributed by atoms with van der Waals surface area (Å²) in [7, 11) is 0. The number of alkyl halides is 2. The van der Waals surface area contributed by atoms with Gasteiger partial charge in [0.05, 0.1) is 6.61 Å². The first-order chi connectivity index (χ1) is 8.93. The Balaban J connectivity index is 2.22. The van der Waals surface area contributed by atoms with Gasteiger partial charge < -0.3 is 4.74 Å². The van der Waals surface area contributed by atoms with Gasteiger partial charge in [0.15, 0.2) is 5.60 Å². The SMILES string of the molecule is CCCCSC(F)(F)C1(c2ccc(F)cc2F)CO1. The maximum atomic E-state index is 14.1. The molecular formula is C13H14F4OS. The lowest BCUT2D eigenvalue weighted by atomic mass is 9.99. The van der Waals surface area contributed by atoms with Crippen molar-refractivity contribution in [1.29, 1.82) is 0 Å². The van der Waals surface area contributed by atoms with E-state index < -0.39 is 22.5 Å². The summed E-state index contributed by atoms with van der Waals surface area (Å²) < 4.78 is 59.6. The smallest absolute Gasteiger partial charge is 0.328 e. The first-order valence-corrected chi connectivity index (χ1v) is 7.03. The van der Waals surface area contributed by atoms with Gasteiger partial charge in [-0.25, -0.2) is 8.78 Å². The molecule has 1 aromatic carbocycles. The summed E-state index contributed by atoms with van der Waals surface area (Å²) in [5.74, 6) is -1.51. The molecule has 0 N–H and O–H groups in total. The van der Waals surface area contributed by atoms with Gasteiger partial charge in [-0.05, 0) is 24.3 Å². The second-order valence-electron chi connectivity index (χ2n) is 4.46. The minimum Gasteiger partial charge on any atom is -0.357 e. The van der Waals surface area contributed by atoms with Crippen LogP contribution in [0.4, 0.5) is 17.6 Å². The second kappa shape index (κ2) is 5.32. The fourth-order valence-corrected chi connectivity index (χ4v) is 2.98. The Labute approximate surface area is 113 Å². The molecule has 0 amide bonds. The van der Waals surface area contributed by atoms with Crippen LogP contribution >= 0.6 is 11.8 Å². The fourth-order valence-electron chi connectivity index (χ4n) is 1.83. The molecule has 1 aromatic rings. The van der Waals surface area contributed by atoms with Crippen molar-refractivity contribution in [3.05, 3.63) is 35.4 Å². The fraction of sp³-hybridized carbons (Fsp3) is 0.538. The van der Waals surface area contributed by atoms with Crippen LogP contribution < -0.4 is 0 Å². The zero-order valence-corrected chi connectivity index (χ0v) is 11.2. The molecule has 1 saturated heterocycles. The first kappa shape index (κ1) is 14.7. The molecule has 0 saturated carbocycles. The molecule has 106 valence electrons. The number of halogens is 4. The minimum atomic E-state index is -3.22. The van der Waals surface area contributed by atoms with Gasteiger partial charge in [0, 0.05) is 11.6 Å². The Bertz CT molecular complexity index is 460. The number of ether oxygens (including phenoxy) is 1. The zero-order valence-electron chi connectivity index (χ0n) is 10.4. The quantitative estimate of drug-likeness (QED) is 0.440. The van der Waals surface area contributed by atoms with Gasteiger partial charge in [-0.15, -0.1) is 0 Å². The highest BCUT2D eigenvalue weighted by molar-refractivity contribution is 8.00. The van der Waals surface area contributed by atoms with Crippen molar-refractivity contribution in [1.82, 2.24) is 0 Å². The van der Waals surface area contributed by atoms with Crippen LogP contribution in [0.2, 0.25) is 0 Å². The molecule has 0 bridgehead atoms. The van der Waals surface area contributed by atoms with E-state index in [1.165, 1.54) is 0 Å². The van der Waals surface area contributed by atoms with Crippen LogP contribution in [-0.4, -0.2) is 17.6 Å². The van der Waals surface area contributed by atoms with Crippen LogP contribution in [0.1, 0.15) is 25.3 Å². The highest BCUT2D eigenvalue weighted by atomic mass is 32.2. The highest BCUT2D eigenvalue weighted by Crippen LogP contribution is 2.56. The third-order valence-electron chi connectivity index (χ3n) is 3.05. The van der Waals surface area contributed by atoms with E-state index in [1.54, 1.807) is 0 Å². The maximum Gasteiger partial charge on any atom is 0.328 e. The summed E-state index contributed by atoms with van der Waals surface area (Å²) in [6, 6.07) is 2.60. The van der Waals surface area contributed by atoms with Crippen molar-refractivity contribution in [2.75, 3.05) is 12.4 Å². The molecule has 1 aliphatic heterocycles. The monoisotopic (exact) mass is 294 g/mol. The molecule has 1 fully saturated rings.